The lowest BCUT2D eigenvalue weighted by molar-refractivity contribution is 0.0939. The molecule has 4 N–H and O–H groups in total. The van der Waals surface area contributed by atoms with Crippen LogP contribution < -0.4 is 16.4 Å². The third-order valence-electron chi connectivity index (χ3n) is 6.43. The van der Waals surface area contributed by atoms with E-state index in [1.54, 1.807) is 37.3 Å². The first-order valence-corrected chi connectivity index (χ1v) is 13.7. The lowest BCUT2D eigenvalue weighted by atomic mass is 10.1. The number of anilines is 3. The zero-order valence-electron chi connectivity index (χ0n) is 22.4. The molecule has 2 heterocycles. The highest BCUT2D eigenvalue weighted by atomic mass is 32.2. The Bertz CT molecular complexity index is 1680. The number of hydrogen-bond acceptors (Lipinski definition) is 7. The molecule has 40 heavy (non-hydrogen) atoms. The van der Waals surface area contributed by atoms with Crippen molar-refractivity contribution in [3.63, 3.8) is 0 Å². The van der Waals surface area contributed by atoms with Crippen LogP contribution in [0.25, 0.3) is 11.0 Å². The van der Waals surface area contributed by atoms with Gasteiger partial charge in [0.2, 0.25) is 0 Å². The minimum Gasteiger partial charge on any atom is -0.399 e. The van der Waals surface area contributed by atoms with Crippen LogP contribution in [0.4, 0.5) is 21.6 Å². The van der Waals surface area contributed by atoms with Crippen molar-refractivity contribution in [1.29, 1.82) is 0 Å². The van der Waals surface area contributed by atoms with E-state index in [4.69, 9.17) is 5.73 Å². The molecule has 202 valence electrons. The van der Waals surface area contributed by atoms with Crippen LogP contribution in [0.5, 0.6) is 0 Å². The molecule has 0 radical (unpaired) electrons. The number of aromatic nitrogens is 3. The van der Waals surface area contributed by atoms with Crippen molar-refractivity contribution in [1.82, 2.24) is 20.3 Å². The SMILES string of the molecule is CC(C)c1ccc2c(Nc3cc(C(=O)NC(C)c4ccccc4F)ccc3Sc3ccc(N)cc3)ncnc2n1. The number of rotatable bonds is 8. The van der Waals surface area contributed by atoms with Crippen molar-refractivity contribution >= 4 is 45.9 Å². The van der Waals surface area contributed by atoms with Gasteiger partial charge in [-0.3, -0.25) is 4.79 Å². The van der Waals surface area contributed by atoms with Crippen molar-refractivity contribution in [2.24, 2.45) is 0 Å². The number of fused-ring (bicyclic) bond motifs is 1. The average molecular weight is 553 g/mol. The van der Waals surface area contributed by atoms with Gasteiger partial charge in [-0.25, -0.2) is 19.3 Å². The summed E-state index contributed by atoms with van der Waals surface area (Å²) in [5, 5.41) is 7.07. The maximum Gasteiger partial charge on any atom is 0.251 e. The van der Waals surface area contributed by atoms with Gasteiger partial charge in [0, 0.05) is 32.3 Å². The molecule has 0 spiro atoms. The number of nitrogen functional groups attached to an aromatic ring is 1. The van der Waals surface area contributed by atoms with E-state index in [0.717, 1.165) is 20.9 Å². The third kappa shape index (κ3) is 6.05. The van der Waals surface area contributed by atoms with Crippen molar-refractivity contribution in [2.75, 3.05) is 11.1 Å². The first-order valence-electron chi connectivity index (χ1n) is 12.9. The van der Waals surface area contributed by atoms with Crippen LogP contribution in [-0.4, -0.2) is 20.9 Å². The van der Waals surface area contributed by atoms with Crippen LogP contribution >= 0.6 is 11.8 Å². The lowest BCUT2D eigenvalue weighted by Crippen LogP contribution is -2.27. The molecule has 0 aliphatic rings. The standard InChI is InChI=1S/C31H29FN6OS/c1-18(2)26-14-13-24-29(37-26)34-17-35-30(24)38-27-16-20(8-15-28(27)40-22-11-9-21(33)10-12-22)31(39)36-19(3)23-6-4-5-7-25(23)32/h4-19H,33H2,1-3H3,(H,36,39)(H,34,35,37,38). The highest BCUT2D eigenvalue weighted by molar-refractivity contribution is 7.99. The number of hydrogen-bond donors (Lipinski definition) is 3. The number of pyridine rings is 1. The molecule has 0 aliphatic heterocycles. The van der Waals surface area contributed by atoms with Gasteiger partial charge in [-0.2, -0.15) is 0 Å². The maximum atomic E-state index is 14.3. The molecular formula is C31H29FN6OS. The smallest absolute Gasteiger partial charge is 0.251 e. The van der Waals surface area contributed by atoms with Gasteiger partial charge in [0.05, 0.1) is 17.1 Å². The monoisotopic (exact) mass is 552 g/mol. The van der Waals surface area contributed by atoms with Crippen LogP contribution in [-0.2, 0) is 0 Å². The summed E-state index contributed by atoms with van der Waals surface area (Å²) in [6.07, 6.45) is 1.47. The Morgan fingerprint density at radius 3 is 2.48 bits per heavy atom. The second-order valence-corrected chi connectivity index (χ2v) is 10.8. The van der Waals surface area contributed by atoms with Gasteiger partial charge in [-0.15, -0.1) is 0 Å². The fourth-order valence-electron chi connectivity index (χ4n) is 4.21. The Balaban J connectivity index is 1.49. The number of benzene rings is 3. The topological polar surface area (TPSA) is 106 Å². The van der Waals surface area contributed by atoms with E-state index in [-0.39, 0.29) is 17.6 Å². The predicted octanol–water partition coefficient (Wildman–Crippen LogP) is 7.26. The normalized spacial score (nSPS) is 11.9. The Labute approximate surface area is 236 Å². The second-order valence-electron chi connectivity index (χ2n) is 9.71. The summed E-state index contributed by atoms with van der Waals surface area (Å²) in [5.41, 5.74) is 9.60. The summed E-state index contributed by atoms with van der Waals surface area (Å²) in [6, 6.07) is 22.8. The van der Waals surface area contributed by atoms with Gasteiger partial charge >= 0.3 is 0 Å². The summed E-state index contributed by atoms with van der Waals surface area (Å²) < 4.78 is 14.3. The van der Waals surface area contributed by atoms with E-state index in [1.165, 1.54) is 24.2 Å². The van der Waals surface area contributed by atoms with Gasteiger partial charge in [0.25, 0.3) is 5.91 Å². The number of halogens is 1. The zero-order valence-corrected chi connectivity index (χ0v) is 23.2. The molecule has 3 aromatic carbocycles. The maximum absolute atomic E-state index is 14.3. The molecule has 2 aromatic heterocycles. The van der Waals surface area contributed by atoms with Crippen molar-refractivity contribution in [3.8, 4) is 0 Å². The van der Waals surface area contributed by atoms with E-state index in [1.807, 2.05) is 42.5 Å². The molecule has 5 rings (SSSR count). The predicted molar refractivity (Wildman–Crippen MR) is 158 cm³/mol. The number of nitrogens with one attached hydrogen (secondary N) is 2. The summed E-state index contributed by atoms with van der Waals surface area (Å²) in [4.78, 5) is 28.6. The van der Waals surface area contributed by atoms with E-state index >= 15 is 0 Å². The van der Waals surface area contributed by atoms with Gasteiger partial charge in [-0.05, 0) is 73.5 Å². The van der Waals surface area contributed by atoms with Crippen LogP contribution in [0, 0.1) is 5.82 Å². The average Bonchev–Trinajstić information content (AvgIpc) is 2.95. The molecule has 0 saturated heterocycles. The molecule has 1 amide bonds. The molecule has 7 nitrogen and oxygen atoms in total. The van der Waals surface area contributed by atoms with Crippen LogP contribution in [0.2, 0.25) is 0 Å². The van der Waals surface area contributed by atoms with E-state index in [2.05, 4.69) is 39.4 Å². The summed E-state index contributed by atoms with van der Waals surface area (Å²) >= 11 is 1.53. The molecule has 0 fully saturated rings. The van der Waals surface area contributed by atoms with Gasteiger partial charge in [0.15, 0.2) is 5.65 Å². The van der Waals surface area contributed by atoms with Crippen LogP contribution in [0.15, 0.2) is 95.0 Å². The number of nitrogens with zero attached hydrogens (tertiary/aromatic N) is 3. The number of amides is 1. The fourth-order valence-corrected chi connectivity index (χ4v) is 5.09. The number of nitrogens with two attached hydrogens (primary N) is 1. The van der Waals surface area contributed by atoms with Crippen molar-refractivity contribution < 1.29 is 9.18 Å². The number of carbonyl (C=O) groups excluding carboxylic acids is 1. The van der Waals surface area contributed by atoms with Crippen molar-refractivity contribution in [2.45, 2.75) is 42.5 Å². The van der Waals surface area contributed by atoms with Gasteiger partial charge in [0.1, 0.15) is 18.0 Å². The number of carbonyl (C=O) groups is 1. The largest absolute Gasteiger partial charge is 0.399 e. The summed E-state index contributed by atoms with van der Waals surface area (Å²) in [7, 11) is 0. The first kappa shape index (κ1) is 27.1. The second kappa shape index (κ2) is 11.7. The zero-order chi connectivity index (χ0) is 28.2. The highest BCUT2D eigenvalue weighted by Crippen LogP contribution is 2.37. The summed E-state index contributed by atoms with van der Waals surface area (Å²) in [5.74, 6) is 0.154. The molecule has 1 unspecified atom stereocenters. The summed E-state index contributed by atoms with van der Waals surface area (Å²) in [6.45, 7) is 5.92. The quantitative estimate of drug-likeness (QED) is 0.174. The molecule has 0 aliphatic carbocycles. The third-order valence-corrected chi connectivity index (χ3v) is 7.52. The van der Waals surface area contributed by atoms with Crippen molar-refractivity contribution in [3.05, 3.63) is 108 Å². The minimum atomic E-state index is -0.513. The minimum absolute atomic E-state index is 0.264. The molecule has 0 saturated carbocycles. The molecule has 9 heteroatoms. The van der Waals surface area contributed by atoms with E-state index in [0.29, 0.717) is 34.0 Å². The van der Waals surface area contributed by atoms with Gasteiger partial charge < -0.3 is 16.4 Å². The molecule has 5 aromatic rings. The Kier molecular flexibility index (Phi) is 7.93. The van der Waals surface area contributed by atoms with E-state index in [9.17, 15) is 9.18 Å². The molecular weight excluding hydrogens is 523 g/mol. The fraction of sp³-hybridized carbons (Fsp3) is 0.161. The van der Waals surface area contributed by atoms with E-state index < -0.39 is 6.04 Å². The Hall–Kier alpha value is -4.50. The first-order chi connectivity index (χ1) is 19.3. The Morgan fingerprint density at radius 1 is 0.950 bits per heavy atom. The van der Waals surface area contributed by atoms with Gasteiger partial charge in [-0.1, -0.05) is 43.8 Å². The Morgan fingerprint density at radius 2 is 1.73 bits per heavy atom. The lowest BCUT2D eigenvalue weighted by Gasteiger charge is -2.17. The highest BCUT2D eigenvalue weighted by Gasteiger charge is 2.17. The molecule has 0 bridgehead atoms. The van der Waals surface area contributed by atoms with Crippen LogP contribution in [0.3, 0.4) is 0 Å². The van der Waals surface area contributed by atoms with Crippen LogP contribution in [0.1, 0.15) is 54.3 Å². The molecule has 1 atom stereocenters.